The molecule has 2 amide bonds. The summed E-state index contributed by atoms with van der Waals surface area (Å²) in [6.07, 6.45) is 6.99. The fraction of sp³-hybridized carbons (Fsp3) is 0.526. The Kier molecular flexibility index (Phi) is 14.3. The number of nitrogens with one attached hydrogen (secondary N) is 1. The summed E-state index contributed by atoms with van der Waals surface area (Å²) < 4.78 is 27.1. The standard InChI is InChI=1S/C32H41N5O4S.C6H11F/c1-6-11-30-33-28(19-36(21-38)16-7-2)32(39)37(30)18-24-14-15-26(25(17-24)20-40-8-3)27-12-9-10-13-29(27)42-35-31-22(4)23(5)41-34-31;1-6(7)4-2-3-5-6/h9-10,12-15,17,21,28H,6-8,11,16,18-20H2,1-5H3,(H,34,35);2-5H2,1H3. The van der Waals surface area contributed by atoms with Crippen molar-refractivity contribution in [2.24, 2.45) is 4.99 Å². The molecule has 2 aromatic carbocycles. The summed E-state index contributed by atoms with van der Waals surface area (Å²) in [6, 6.07) is 14.0. The summed E-state index contributed by atoms with van der Waals surface area (Å²) in [7, 11) is 0. The van der Waals surface area contributed by atoms with E-state index in [1.165, 1.54) is 11.9 Å². The zero-order chi connectivity index (χ0) is 35.4. The minimum absolute atomic E-state index is 0.0527. The van der Waals surface area contributed by atoms with Crippen LogP contribution >= 0.6 is 11.9 Å². The molecule has 1 aliphatic carbocycles. The summed E-state index contributed by atoms with van der Waals surface area (Å²) in [6.45, 7) is 14.0. The molecule has 0 bridgehead atoms. The number of amides is 2. The van der Waals surface area contributed by atoms with Gasteiger partial charge in [0, 0.05) is 30.0 Å². The highest BCUT2D eigenvalue weighted by Crippen LogP contribution is 2.36. The third-order valence-electron chi connectivity index (χ3n) is 8.92. The molecule has 1 unspecified atom stereocenters. The third-order valence-corrected chi connectivity index (χ3v) is 9.79. The van der Waals surface area contributed by atoms with E-state index in [9.17, 15) is 14.0 Å². The first-order valence-electron chi connectivity index (χ1n) is 17.5. The number of amidine groups is 1. The van der Waals surface area contributed by atoms with E-state index in [1.54, 1.807) is 16.7 Å². The van der Waals surface area contributed by atoms with E-state index in [1.807, 2.05) is 39.8 Å². The topological polar surface area (TPSA) is 100 Å². The van der Waals surface area contributed by atoms with E-state index in [0.29, 0.717) is 45.1 Å². The average Bonchev–Trinajstić information content (AvgIpc) is 3.75. The lowest BCUT2D eigenvalue weighted by molar-refractivity contribution is -0.128. The van der Waals surface area contributed by atoms with Gasteiger partial charge in [0.1, 0.15) is 23.3 Å². The van der Waals surface area contributed by atoms with Gasteiger partial charge >= 0.3 is 0 Å². The van der Waals surface area contributed by atoms with Gasteiger partial charge in [0.05, 0.1) is 19.7 Å². The zero-order valence-electron chi connectivity index (χ0n) is 29.9. The number of hydrogen-bond acceptors (Lipinski definition) is 8. The van der Waals surface area contributed by atoms with Crippen LogP contribution in [-0.2, 0) is 27.5 Å². The average molecular weight is 694 g/mol. The monoisotopic (exact) mass is 693 g/mol. The number of carbonyl (C=O) groups is 2. The maximum atomic E-state index is 13.5. The van der Waals surface area contributed by atoms with Gasteiger partial charge < -0.3 is 18.9 Å². The number of aromatic nitrogens is 1. The fourth-order valence-electron chi connectivity index (χ4n) is 6.05. The SMILES string of the molecule is CC1(F)CCCC1.CCCC1=NC(CN(C=O)CCC)C(=O)N1Cc1ccc(-c2ccccc2SNc2noc(C)c2C)c(COCC)c1. The molecule has 1 saturated carbocycles. The maximum Gasteiger partial charge on any atom is 0.254 e. The fourth-order valence-corrected chi connectivity index (χ4v) is 6.88. The minimum Gasteiger partial charge on any atom is -0.377 e. The number of anilines is 1. The van der Waals surface area contributed by atoms with Crippen LogP contribution in [0.25, 0.3) is 11.1 Å². The number of aryl methyl sites for hydroxylation is 1. The second-order valence-electron chi connectivity index (χ2n) is 13.0. The quantitative estimate of drug-likeness (QED) is 0.118. The van der Waals surface area contributed by atoms with Crippen LogP contribution < -0.4 is 4.72 Å². The number of benzene rings is 2. The van der Waals surface area contributed by atoms with Crippen molar-refractivity contribution in [2.75, 3.05) is 24.4 Å². The largest absolute Gasteiger partial charge is 0.377 e. The van der Waals surface area contributed by atoms with Crippen LogP contribution in [0.5, 0.6) is 0 Å². The Morgan fingerprint density at radius 1 is 1.12 bits per heavy atom. The van der Waals surface area contributed by atoms with Crippen LogP contribution in [0.1, 0.15) is 95.1 Å². The third kappa shape index (κ3) is 10.4. The van der Waals surface area contributed by atoms with Gasteiger partial charge in [-0.3, -0.25) is 19.5 Å². The molecule has 9 nitrogen and oxygen atoms in total. The van der Waals surface area contributed by atoms with Crippen molar-refractivity contribution in [3.05, 3.63) is 64.9 Å². The molecule has 5 rings (SSSR count). The predicted molar refractivity (Wildman–Crippen MR) is 195 cm³/mol. The molecule has 49 heavy (non-hydrogen) atoms. The number of hydrogen-bond donors (Lipinski definition) is 1. The number of alkyl halides is 1. The predicted octanol–water partition coefficient (Wildman–Crippen LogP) is 8.68. The number of rotatable bonds is 16. The van der Waals surface area contributed by atoms with Crippen LogP contribution in [-0.4, -0.2) is 64.5 Å². The number of halogens is 1. The highest BCUT2D eigenvalue weighted by molar-refractivity contribution is 8.00. The highest BCUT2D eigenvalue weighted by atomic mass is 32.2. The molecular weight excluding hydrogens is 642 g/mol. The molecule has 0 radical (unpaired) electrons. The van der Waals surface area contributed by atoms with Gasteiger partial charge in [-0.2, -0.15) is 0 Å². The lowest BCUT2D eigenvalue weighted by atomic mass is 9.97. The molecule has 2 aliphatic rings. The Balaban J connectivity index is 0.000000686. The van der Waals surface area contributed by atoms with E-state index < -0.39 is 11.7 Å². The Morgan fingerprint density at radius 2 is 1.88 bits per heavy atom. The number of carbonyl (C=O) groups excluding carboxylic acids is 2. The lowest BCUT2D eigenvalue weighted by Crippen LogP contribution is -2.40. The molecule has 11 heteroatoms. The molecule has 0 spiro atoms. The molecule has 0 saturated heterocycles. The highest BCUT2D eigenvalue weighted by Gasteiger charge is 2.35. The molecule has 1 aliphatic heterocycles. The van der Waals surface area contributed by atoms with Crippen LogP contribution in [0.3, 0.4) is 0 Å². The van der Waals surface area contributed by atoms with Crippen LogP contribution in [0.2, 0.25) is 0 Å². The molecule has 266 valence electrons. The molecule has 1 N–H and O–H groups in total. The Morgan fingerprint density at radius 3 is 2.49 bits per heavy atom. The Bertz CT molecular complexity index is 1570. The summed E-state index contributed by atoms with van der Waals surface area (Å²) in [4.78, 5) is 34.2. The van der Waals surface area contributed by atoms with Crippen molar-refractivity contribution in [3.8, 4) is 11.1 Å². The summed E-state index contributed by atoms with van der Waals surface area (Å²) in [5, 5.41) is 4.12. The first kappa shape index (κ1) is 38.1. The van der Waals surface area contributed by atoms with Crippen LogP contribution in [0.15, 0.2) is 56.9 Å². The van der Waals surface area contributed by atoms with Crippen molar-refractivity contribution >= 4 is 35.9 Å². The number of nitrogens with zero attached hydrogens (tertiary/aromatic N) is 4. The van der Waals surface area contributed by atoms with E-state index >= 15 is 0 Å². The van der Waals surface area contributed by atoms with Gasteiger partial charge in [-0.25, -0.2) is 4.39 Å². The van der Waals surface area contributed by atoms with Gasteiger partial charge in [-0.1, -0.05) is 68.2 Å². The Labute approximate surface area is 295 Å². The molecule has 1 aromatic heterocycles. The smallest absolute Gasteiger partial charge is 0.254 e. The first-order valence-corrected chi connectivity index (χ1v) is 18.3. The van der Waals surface area contributed by atoms with E-state index in [4.69, 9.17) is 14.3 Å². The normalized spacial score (nSPS) is 16.7. The second kappa shape index (κ2) is 18.3. The first-order chi connectivity index (χ1) is 23.6. The van der Waals surface area contributed by atoms with Gasteiger partial charge in [0.15, 0.2) is 5.82 Å². The number of ether oxygens (including phenoxy) is 1. The summed E-state index contributed by atoms with van der Waals surface area (Å²) in [5.74, 6) is 2.23. The van der Waals surface area contributed by atoms with E-state index in [0.717, 1.165) is 89.2 Å². The number of aliphatic imine (C=N–C) groups is 1. The van der Waals surface area contributed by atoms with Crippen LogP contribution in [0, 0.1) is 13.8 Å². The van der Waals surface area contributed by atoms with Crippen LogP contribution in [0.4, 0.5) is 10.2 Å². The van der Waals surface area contributed by atoms with Crippen molar-refractivity contribution in [3.63, 3.8) is 0 Å². The summed E-state index contributed by atoms with van der Waals surface area (Å²) >= 11 is 1.49. The minimum atomic E-state index is -0.806. The molecule has 3 aromatic rings. The van der Waals surface area contributed by atoms with Gasteiger partial charge in [-0.05, 0) is 93.6 Å². The van der Waals surface area contributed by atoms with Crippen molar-refractivity contribution in [1.29, 1.82) is 0 Å². The van der Waals surface area contributed by atoms with Gasteiger partial charge in [0.25, 0.3) is 5.91 Å². The van der Waals surface area contributed by atoms with E-state index in [-0.39, 0.29) is 5.91 Å². The molecule has 1 atom stereocenters. The van der Waals surface area contributed by atoms with E-state index in [2.05, 4.69) is 47.1 Å². The molecule has 2 heterocycles. The maximum absolute atomic E-state index is 13.5. The van der Waals surface area contributed by atoms with Crippen molar-refractivity contribution in [1.82, 2.24) is 15.0 Å². The van der Waals surface area contributed by atoms with Gasteiger partial charge in [-0.15, -0.1) is 0 Å². The van der Waals surface area contributed by atoms with Crippen molar-refractivity contribution < 1.29 is 23.2 Å². The molecular formula is C38H52FN5O4S. The summed E-state index contributed by atoms with van der Waals surface area (Å²) in [5.41, 5.74) is 4.37. The Hall–Kier alpha value is -3.70. The molecule has 1 fully saturated rings. The van der Waals surface area contributed by atoms with Crippen molar-refractivity contribution in [2.45, 2.75) is 116 Å². The lowest BCUT2D eigenvalue weighted by Gasteiger charge is -2.22. The second-order valence-corrected chi connectivity index (χ2v) is 13.8. The van der Waals surface area contributed by atoms with Gasteiger partial charge in [0.2, 0.25) is 6.41 Å². The zero-order valence-corrected chi connectivity index (χ0v) is 30.7.